The summed E-state index contributed by atoms with van der Waals surface area (Å²) in [6.07, 6.45) is 0. The average molecular weight is 983 g/mol. The molecule has 0 radical (unpaired) electrons. The van der Waals surface area contributed by atoms with Crippen molar-refractivity contribution in [2.24, 2.45) is 0 Å². The second-order valence-electron chi connectivity index (χ2n) is 18.6. The second-order valence-corrected chi connectivity index (χ2v) is 18.6. The van der Waals surface area contributed by atoms with Gasteiger partial charge in [0, 0.05) is 45.0 Å². The number of carbonyl (C=O) groups is 4. The number of anilines is 4. The van der Waals surface area contributed by atoms with Gasteiger partial charge < -0.3 is 21.3 Å². The fourth-order valence-corrected chi connectivity index (χ4v) is 10.1. The SMILES string of the molecule is O=C(Nc1ccccc1)c1ccc(-c2cc(-c3ccc(C(=O)Nc4ccccc4)cc3)c3ccc4c(-c5ccc(C(=O)Nc6ccccc6)cc5)cc(-c5ccc(C(=O)Nc6ccccc6)cc5)c5ccc2c3c54)cc1. The Bertz CT molecular complexity index is 3580. The van der Waals surface area contributed by atoms with E-state index in [1.54, 1.807) is 0 Å². The zero-order chi connectivity index (χ0) is 51.5. The topological polar surface area (TPSA) is 116 Å². The third kappa shape index (κ3) is 9.30. The molecule has 0 atom stereocenters. The number of amides is 4. The van der Waals surface area contributed by atoms with E-state index in [0.29, 0.717) is 45.0 Å². The van der Waals surface area contributed by atoms with Crippen LogP contribution in [-0.2, 0) is 0 Å². The molecule has 12 aromatic rings. The van der Waals surface area contributed by atoms with E-state index in [0.717, 1.165) is 76.8 Å². The quantitative estimate of drug-likeness (QED) is 0.0913. The zero-order valence-corrected chi connectivity index (χ0v) is 40.9. The van der Waals surface area contributed by atoms with Crippen LogP contribution in [0.3, 0.4) is 0 Å². The maximum absolute atomic E-state index is 13.5. The van der Waals surface area contributed by atoms with Crippen molar-refractivity contribution in [2.75, 3.05) is 21.3 Å². The van der Waals surface area contributed by atoms with Crippen LogP contribution in [0.4, 0.5) is 22.7 Å². The summed E-state index contributed by atoms with van der Waals surface area (Å²) in [4.78, 5) is 54.0. The minimum Gasteiger partial charge on any atom is -0.322 e. The normalized spacial score (nSPS) is 11.1. The number of rotatable bonds is 12. The summed E-state index contributed by atoms with van der Waals surface area (Å²) >= 11 is 0. The van der Waals surface area contributed by atoms with E-state index in [1.807, 2.05) is 218 Å². The molecule has 4 amide bonds. The highest BCUT2D eigenvalue weighted by atomic mass is 16.2. The Hall–Kier alpha value is -10.4. The lowest BCUT2D eigenvalue weighted by Gasteiger charge is -2.22. The Kier molecular flexibility index (Phi) is 12.4. The molecular weight excluding hydrogens is 937 g/mol. The molecule has 12 aromatic carbocycles. The molecule has 0 aliphatic rings. The first-order valence-corrected chi connectivity index (χ1v) is 25.0. The van der Waals surface area contributed by atoms with Crippen molar-refractivity contribution in [1.29, 1.82) is 0 Å². The summed E-state index contributed by atoms with van der Waals surface area (Å²) in [6, 6.07) is 81.6. The second kappa shape index (κ2) is 20.2. The summed E-state index contributed by atoms with van der Waals surface area (Å²) in [5.41, 5.74) is 12.5. The van der Waals surface area contributed by atoms with E-state index < -0.39 is 0 Å². The van der Waals surface area contributed by atoms with Crippen LogP contribution in [0.2, 0.25) is 0 Å². The summed E-state index contributed by atoms with van der Waals surface area (Å²) in [7, 11) is 0. The molecule has 8 heteroatoms. The van der Waals surface area contributed by atoms with Crippen LogP contribution in [0.15, 0.2) is 255 Å². The number of benzene rings is 12. The molecule has 0 aliphatic carbocycles. The van der Waals surface area contributed by atoms with E-state index in [1.165, 1.54) is 0 Å². The smallest absolute Gasteiger partial charge is 0.255 e. The lowest BCUT2D eigenvalue weighted by Crippen LogP contribution is -2.11. The van der Waals surface area contributed by atoms with Crippen LogP contribution < -0.4 is 21.3 Å². The van der Waals surface area contributed by atoms with Crippen LogP contribution in [0.1, 0.15) is 41.4 Å². The van der Waals surface area contributed by atoms with Gasteiger partial charge >= 0.3 is 0 Å². The van der Waals surface area contributed by atoms with Gasteiger partial charge in [0.15, 0.2) is 0 Å². The van der Waals surface area contributed by atoms with E-state index >= 15 is 0 Å². The molecule has 0 aliphatic heterocycles. The molecule has 362 valence electrons. The van der Waals surface area contributed by atoms with E-state index in [4.69, 9.17) is 0 Å². The Labute approximate surface area is 438 Å². The summed E-state index contributed by atoms with van der Waals surface area (Å²) in [5.74, 6) is -0.833. The van der Waals surface area contributed by atoms with Gasteiger partial charge in [0.25, 0.3) is 23.6 Å². The molecule has 0 unspecified atom stereocenters. The van der Waals surface area contributed by atoms with Crippen LogP contribution in [0, 0.1) is 0 Å². The Morgan fingerprint density at radius 2 is 0.421 bits per heavy atom. The fraction of sp³-hybridized carbons (Fsp3) is 0. The van der Waals surface area contributed by atoms with Gasteiger partial charge in [0.1, 0.15) is 0 Å². The van der Waals surface area contributed by atoms with Crippen molar-refractivity contribution in [3.05, 3.63) is 277 Å². The highest BCUT2D eigenvalue weighted by Gasteiger charge is 2.22. The van der Waals surface area contributed by atoms with Crippen molar-refractivity contribution in [3.8, 4) is 44.5 Å². The molecular formula is C68H46N4O4. The number of nitrogens with one attached hydrogen (secondary N) is 4. The van der Waals surface area contributed by atoms with E-state index in [-0.39, 0.29) is 23.6 Å². The minimum absolute atomic E-state index is 0.208. The molecule has 0 fully saturated rings. The maximum atomic E-state index is 13.5. The molecule has 8 nitrogen and oxygen atoms in total. The zero-order valence-electron chi connectivity index (χ0n) is 40.9. The van der Waals surface area contributed by atoms with Gasteiger partial charge in [-0.05, 0) is 186 Å². The predicted molar refractivity (Wildman–Crippen MR) is 309 cm³/mol. The summed E-state index contributed by atoms with van der Waals surface area (Å²) in [5, 5.41) is 18.2. The molecule has 0 bridgehead atoms. The van der Waals surface area contributed by atoms with Gasteiger partial charge in [-0.2, -0.15) is 0 Å². The van der Waals surface area contributed by atoms with Crippen molar-refractivity contribution in [3.63, 3.8) is 0 Å². The van der Waals surface area contributed by atoms with Gasteiger partial charge in [-0.15, -0.1) is 0 Å². The summed E-state index contributed by atoms with van der Waals surface area (Å²) < 4.78 is 0. The predicted octanol–water partition coefficient (Wildman–Crippen LogP) is 16.3. The maximum Gasteiger partial charge on any atom is 0.255 e. The molecule has 0 spiro atoms. The molecule has 0 heterocycles. The lowest BCUT2D eigenvalue weighted by atomic mass is 9.81. The van der Waals surface area contributed by atoms with Crippen LogP contribution in [0.5, 0.6) is 0 Å². The van der Waals surface area contributed by atoms with E-state index in [9.17, 15) is 19.2 Å². The number of hydrogen-bond donors (Lipinski definition) is 4. The number of hydrogen-bond acceptors (Lipinski definition) is 4. The largest absolute Gasteiger partial charge is 0.322 e. The lowest BCUT2D eigenvalue weighted by molar-refractivity contribution is 0.101. The van der Waals surface area contributed by atoms with Crippen molar-refractivity contribution in [2.45, 2.75) is 0 Å². The molecule has 4 N–H and O–H groups in total. The highest BCUT2D eigenvalue weighted by Crippen LogP contribution is 2.48. The average Bonchev–Trinajstić information content (AvgIpc) is 3.48. The molecule has 0 saturated carbocycles. The molecule has 0 saturated heterocycles. The van der Waals surface area contributed by atoms with Gasteiger partial charge in [0.2, 0.25) is 0 Å². The monoisotopic (exact) mass is 982 g/mol. The Balaban J connectivity index is 1.03. The van der Waals surface area contributed by atoms with Crippen LogP contribution >= 0.6 is 0 Å². The first-order chi connectivity index (χ1) is 37.3. The first kappa shape index (κ1) is 46.6. The minimum atomic E-state index is -0.208. The van der Waals surface area contributed by atoms with Gasteiger partial charge in [-0.1, -0.05) is 146 Å². The highest BCUT2D eigenvalue weighted by molar-refractivity contribution is 6.32. The number of para-hydroxylation sites is 4. The molecule has 12 rings (SSSR count). The molecule has 0 aromatic heterocycles. The Morgan fingerprint density at radius 1 is 0.224 bits per heavy atom. The third-order valence-electron chi connectivity index (χ3n) is 13.9. The van der Waals surface area contributed by atoms with Crippen LogP contribution in [0.25, 0.3) is 76.8 Å². The van der Waals surface area contributed by atoms with Crippen molar-refractivity contribution >= 4 is 78.7 Å². The van der Waals surface area contributed by atoms with Crippen molar-refractivity contribution in [1.82, 2.24) is 0 Å². The van der Waals surface area contributed by atoms with Gasteiger partial charge in [0.05, 0.1) is 0 Å². The van der Waals surface area contributed by atoms with E-state index in [2.05, 4.69) is 57.7 Å². The standard InChI is InChI=1S/C68H46N4O4/c73-65(69-51-13-5-1-6-14-51)47-29-21-43(22-30-47)59-41-60(44-23-31-48(32-24-44)66(74)70-52-15-7-2-8-16-52)56-39-40-58-62(46-27-35-50(36-28-46)68(76)72-54-19-11-4-12-20-54)42-61(57-38-37-55(59)63(56)64(57)58)45-25-33-49(34-26-45)67(75)71-53-17-9-3-10-18-53/h1-42H,(H,69,73)(H,70,74)(H,71,75)(H,72,76). The molecule has 76 heavy (non-hydrogen) atoms. The fourth-order valence-electron chi connectivity index (χ4n) is 10.1. The van der Waals surface area contributed by atoms with Crippen molar-refractivity contribution < 1.29 is 19.2 Å². The number of carbonyl (C=O) groups excluding carboxylic acids is 4. The Morgan fingerprint density at radius 3 is 0.618 bits per heavy atom. The third-order valence-corrected chi connectivity index (χ3v) is 13.9. The summed E-state index contributed by atoms with van der Waals surface area (Å²) in [6.45, 7) is 0. The van der Waals surface area contributed by atoms with Crippen LogP contribution in [-0.4, -0.2) is 23.6 Å². The van der Waals surface area contributed by atoms with Gasteiger partial charge in [-0.3, -0.25) is 19.2 Å². The van der Waals surface area contributed by atoms with Gasteiger partial charge in [-0.25, -0.2) is 0 Å². The first-order valence-electron chi connectivity index (χ1n) is 25.0.